The molecular weight excluding hydrogens is 266 g/mol. The number of carbonyl (C=O) groups is 1. The molecule has 1 amide bonds. The van der Waals surface area contributed by atoms with Gasteiger partial charge in [-0.05, 0) is 25.0 Å². The Hall–Kier alpha value is -1.42. The Morgan fingerprint density at radius 3 is 2.47 bits per heavy atom. The van der Waals surface area contributed by atoms with Gasteiger partial charge in [-0.2, -0.15) is 0 Å². The summed E-state index contributed by atoms with van der Waals surface area (Å²) in [6.07, 6.45) is 1.64. The minimum Gasteiger partial charge on any atom is -0.504 e. The van der Waals surface area contributed by atoms with E-state index >= 15 is 0 Å². The Kier molecular flexibility index (Phi) is 5.96. The number of rotatable bonds is 6. The van der Waals surface area contributed by atoms with Crippen LogP contribution in [0.1, 0.15) is 37.0 Å². The number of alkyl halides is 1. The zero-order valence-electron chi connectivity index (χ0n) is 11.3. The topological polar surface area (TPSA) is 60.8 Å². The summed E-state index contributed by atoms with van der Waals surface area (Å²) in [6.45, 7) is 4.43. The normalized spacial score (nSPS) is 10.7. The number of aromatic hydroxyl groups is 2. The summed E-state index contributed by atoms with van der Waals surface area (Å²) >= 11 is 5.75. The van der Waals surface area contributed by atoms with Crippen LogP contribution in [0, 0.1) is 0 Å². The fraction of sp³-hybridized carbons (Fsp3) is 0.500. The van der Waals surface area contributed by atoms with E-state index in [-0.39, 0.29) is 29.0 Å². The summed E-state index contributed by atoms with van der Waals surface area (Å²) < 4.78 is 0. The van der Waals surface area contributed by atoms with E-state index in [1.165, 1.54) is 18.2 Å². The van der Waals surface area contributed by atoms with Gasteiger partial charge >= 0.3 is 0 Å². The average molecular weight is 286 g/mol. The predicted molar refractivity (Wildman–Crippen MR) is 75.9 cm³/mol. The molecule has 0 spiro atoms. The van der Waals surface area contributed by atoms with E-state index in [4.69, 9.17) is 11.6 Å². The number of amides is 1. The summed E-state index contributed by atoms with van der Waals surface area (Å²) in [7, 11) is 0. The van der Waals surface area contributed by atoms with Gasteiger partial charge in [-0.15, -0.1) is 11.6 Å². The third-order valence-electron chi connectivity index (χ3n) is 3.21. The number of para-hydroxylation sites is 1. The van der Waals surface area contributed by atoms with E-state index in [1.807, 2.05) is 13.8 Å². The quantitative estimate of drug-likeness (QED) is 0.624. The molecule has 4 nitrogen and oxygen atoms in total. The number of hydrogen-bond acceptors (Lipinski definition) is 3. The Balaban J connectivity index is 3.08. The predicted octanol–water partition coefficient (Wildman–Crippen LogP) is 2.97. The number of nitrogens with zero attached hydrogens (tertiary/aromatic N) is 1. The van der Waals surface area contributed by atoms with Crippen molar-refractivity contribution in [3.63, 3.8) is 0 Å². The van der Waals surface area contributed by atoms with Crippen molar-refractivity contribution in [2.24, 2.45) is 0 Å². The van der Waals surface area contributed by atoms with Crippen molar-refractivity contribution in [2.75, 3.05) is 12.4 Å². The summed E-state index contributed by atoms with van der Waals surface area (Å²) in [5.41, 5.74) is 0.108. The molecular formula is C14H20ClNO3. The van der Waals surface area contributed by atoms with Gasteiger partial charge in [0.05, 0.1) is 5.56 Å². The van der Waals surface area contributed by atoms with Crippen LogP contribution >= 0.6 is 11.6 Å². The lowest BCUT2D eigenvalue weighted by molar-refractivity contribution is 0.0678. The first-order valence-corrected chi connectivity index (χ1v) is 6.98. The lowest BCUT2D eigenvalue weighted by atomic mass is 10.1. The van der Waals surface area contributed by atoms with Gasteiger partial charge in [0, 0.05) is 18.5 Å². The maximum atomic E-state index is 12.5. The van der Waals surface area contributed by atoms with Gasteiger partial charge < -0.3 is 15.1 Å². The van der Waals surface area contributed by atoms with Crippen molar-refractivity contribution < 1.29 is 15.0 Å². The fourth-order valence-corrected chi connectivity index (χ4v) is 2.31. The Bertz CT molecular complexity index is 433. The second kappa shape index (κ2) is 7.24. The second-order valence-electron chi connectivity index (χ2n) is 4.33. The second-order valence-corrected chi connectivity index (χ2v) is 4.71. The summed E-state index contributed by atoms with van der Waals surface area (Å²) in [5, 5.41) is 19.2. The molecule has 1 aromatic carbocycles. The molecule has 0 aliphatic heterocycles. The first kappa shape index (κ1) is 15.6. The minimum atomic E-state index is -0.377. The van der Waals surface area contributed by atoms with Gasteiger partial charge in [0.15, 0.2) is 11.5 Å². The molecule has 0 heterocycles. The number of phenols is 2. The third-order valence-corrected chi connectivity index (χ3v) is 3.38. The lowest BCUT2D eigenvalue weighted by Gasteiger charge is -2.30. The van der Waals surface area contributed by atoms with Crippen LogP contribution in [0.25, 0.3) is 0 Å². The minimum absolute atomic E-state index is 0.0769. The molecule has 5 heteroatoms. The van der Waals surface area contributed by atoms with Crippen LogP contribution in [0.4, 0.5) is 0 Å². The van der Waals surface area contributed by atoms with Crippen LogP contribution in [0.2, 0.25) is 0 Å². The number of halogens is 1. The van der Waals surface area contributed by atoms with Gasteiger partial charge in [0.1, 0.15) is 0 Å². The van der Waals surface area contributed by atoms with Crippen LogP contribution in [0.3, 0.4) is 0 Å². The molecule has 106 valence electrons. The first-order valence-electron chi connectivity index (χ1n) is 6.44. The first-order chi connectivity index (χ1) is 9.06. The highest BCUT2D eigenvalue weighted by molar-refractivity contribution is 6.18. The number of phenolic OH excluding ortho intramolecular Hbond substituents is 2. The number of carbonyl (C=O) groups excluding carboxylic acids is 1. The van der Waals surface area contributed by atoms with Gasteiger partial charge in [-0.1, -0.05) is 19.9 Å². The standard InChI is InChI=1S/C14H20ClNO3/c1-3-10(4-2)16(9-8-15)14(19)11-6-5-7-12(17)13(11)18/h5-7,10,17-18H,3-4,8-9H2,1-2H3. The SMILES string of the molecule is CCC(CC)N(CCCl)C(=O)c1cccc(O)c1O. The Morgan fingerprint density at radius 2 is 1.95 bits per heavy atom. The van der Waals surface area contributed by atoms with Crippen LogP contribution < -0.4 is 0 Å². The van der Waals surface area contributed by atoms with Gasteiger partial charge in [-0.3, -0.25) is 4.79 Å². The average Bonchev–Trinajstić information content (AvgIpc) is 2.41. The van der Waals surface area contributed by atoms with Crippen molar-refractivity contribution in [1.29, 1.82) is 0 Å². The van der Waals surface area contributed by atoms with E-state index in [0.29, 0.717) is 12.4 Å². The van der Waals surface area contributed by atoms with Gasteiger partial charge in [0.2, 0.25) is 0 Å². The van der Waals surface area contributed by atoms with Crippen molar-refractivity contribution in [2.45, 2.75) is 32.7 Å². The zero-order valence-corrected chi connectivity index (χ0v) is 12.0. The molecule has 0 atom stereocenters. The molecule has 1 rings (SSSR count). The van der Waals surface area contributed by atoms with Crippen LogP contribution in [0.5, 0.6) is 11.5 Å². The molecule has 0 bridgehead atoms. The number of hydrogen-bond donors (Lipinski definition) is 2. The molecule has 0 aromatic heterocycles. The molecule has 2 N–H and O–H groups in total. The molecule has 0 radical (unpaired) electrons. The van der Waals surface area contributed by atoms with Gasteiger partial charge in [-0.25, -0.2) is 0 Å². The smallest absolute Gasteiger partial charge is 0.258 e. The molecule has 1 aromatic rings. The van der Waals surface area contributed by atoms with Crippen LogP contribution in [-0.4, -0.2) is 39.5 Å². The maximum Gasteiger partial charge on any atom is 0.258 e. The summed E-state index contributed by atoms with van der Waals surface area (Å²) in [6, 6.07) is 4.46. The highest BCUT2D eigenvalue weighted by Gasteiger charge is 2.24. The maximum absolute atomic E-state index is 12.5. The molecule has 0 saturated heterocycles. The molecule has 0 saturated carbocycles. The van der Waals surface area contributed by atoms with Gasteiger partial charge in [0.25, 0.3) is 5.91 Å². The summed E-state index contributed by atoms with van der Waals surface area (Å²) in [5.74, 6) is -0.635. The molecule has 0 aliphatic carbocycles. The summed E-state index contributed by atoms with van der Waals surface area (Å²) in [4.78, 5) is 14.1. The van der Waals surface area contributed by atoms with Crippen LogP contribution in [0.15, 0.2) is 18.2 Å². The van der Waals surface area contributed by atoms with E-state index in [2.05, 4.69) is 0 Å². The Labute approximate surface area is 118 Å². The Morgan fingerprint density at radius 1 is 1.32 bits per heavy atom. The van der Waals surface area contributed by atoms with E-state index in [1.54, 1.807) is 4.90 Å². The van der Waals surface area contributed by atoms with Crippen molar-refractivity contribution in [3.8, 4) is 11.5 Å². The third kappa shape index (κ3) is 3.53. The molecule has 0 aliphatic rings. The zero-order chi connectivity index (χ0) is 14.4. The van der Waals surface area contributed by atoms with E-state index in [9.17, 15) is 15.0 Å². The molecule has 0 unspecified atom stereocenters. The lowest BCUT2D eigenvalue weighted by Crippen LogP contribution is -2.41. The monoisotopic (exact) mass is 285 g/mol. The molecule has 0 fully saturated rings. The van der Waals surface area contributed by atoms with Crippen molar-refractivity contribution in [3.05, 3.63) is 23.8 Å². The van der Waals surface area contributed by atoms with Crippen molar-refractivity contribution >= 4 is 17.5 Å². The van der Waals surface area contributed by atoms with Crippen molar-refractivity contribution in [1.82, 2.24) is 4.90 Å². The largest absolute Gasteiger partial charge is 0.504 e. The van der Waals surface area contributed by atoms with Crippen LogP contribution in [-0.2, 0) is 0 Å². The number of benzene rings is 1. The van der Waals surface area contributed by atoms with E-state index in [0.717, 1.165) is 12.8 Å². The fourth-order valence-electron chi connectivity index (χ4n) is 2.13. The highest BCUT2D eigenvalue weighted by Crippen LogP contribution is 2.29. The van der Waals surface area contributed by atoms with E-state index < -0.39 is 0 Å². The molecule has 19 heavy (non-hydrogen) atoms. The highest BCUT2D eigenvalue weighted by atomic mass is 35.5.